The fourth-order valence-corrected chi connectivity index (χ4v) is 5.54. The number of rotatable bonds is 7. The zero-order valence-electron chi connectivity index (χ0n) is 21.0. The predicted octanol–water partition coefficient (Wildman–Crippen LogP) is 3.36. The lowest BCUT2D eigenvalue weighted by Crippen LogP contribution is -2.41. The fourth-order valence-electron chi connectivity index (χ4n) is 4.70. The molecule has 5 N–H and O–H groups in total. The van der Waals surface area contributed by atoms with Gasteiger partial charge in [-0.05, 0) is 57.7 Å². The number of nitrogens with zero attached hydrogens (tertiary/aromatic N) is 2. The Hall–Kier alpha value is -3.33. The van der Waals surface area contributed by atoms with Crippen LogP contribution in [-0.4, -0.2) is 37.1 Å². The van der Waals surface area contributed by atoms with E-state index < -0.39 is 21.7 Å². The zero-order chi connectivity index (χ0) is 26.0. The predicted molar refractivity (Wildman–Crippen MR) is 141 cm³/mol. The van der Waals surface area contributed by atoms with Crippen molar-refractivity contribution < 1.29 is 13.2 Å². The second-order valence-corrected chi connectivity index (χ2v) is 11.8. The number of benzene rings is 1. The maximum atomic E-state index is 13.4. The molecule has 1 fully saturated rings. The maximum absolute atomic E-state index is 13.4. The van der Waals surface area contributed by atoms with Crippen LogP contribution in [0.1, 0.15) is 48.7 Å². The monoisotopic (exact) mass is 497 g/mol. The molecule has 3 rings (SSSR count). The van der Waals surface area contributed by atoms with Crippen LogP contribution in [0.15, 0.2) is 54.5 Å². The third kappa shape index (κ3) is 6.63. The number of amides is 1. The van der Waals surface area contributed by atoms with Gasteiger partial charge in [0.2, 0.25) is 10.0 Å². The van der Waals surface area contributed by atoms with Crippen LogP contribution in [0.5, 0.6) is 0 Å². The number of anilines is 1. The quantitative estimate of drug-likeness (QED) is 0.500. The van der Waals surface area contributed by atoms with Crippen molar-refractivity contribution in [3.63, 3.8) is 0 Å². The van der Waals surface area contributed by atoms with Crippen LogP contribution in [0.25, 0.3) is 11.1 Å². The highest BCUT2D eigenvalue weighted by Crippen LogP contribution is 2.38. The van der Waals surface area contributed by atoms with Crippen LogP contribution in [0.4, 0.5) is 5.82 Å². The summed E-state index contributed by atoms with van der Waals surface area (Å²) in [5.74, 6) is -0.150. The molecule has 0 aliphatic carbocycles. The third-order valence-corrected chi connectivity index (χ3v) is 7.11. The SMILES string of the molecule is Cc1cc(C)cc(-c2cnc(N3CC(C)CC3(C)C)c(C(=O)NS(=O)(=O)C/C=C\C=C(N)N)c2)c1. The average molecular weight is 498 g/mol. The lowest BCUT2D eigenvalue weighted by atomic mass is 9.97. The minimum Gasteiger partial charge on any atom is -0.386 e. The van der Waals surface area contributed by atoms with Crippen LogP contribution < -0.4 is 21.1 Å². The van der Waals surface area contributed by atoms with Crippen LogP contribution in [0, 0.1) is 19.8 Å². The van der Waals surface area contributed by atoms with Crippen molar-refractivity contribution >= 4 is 21.7 Å². The van der Waals surface area contributed by atoms with Crippen LogP contribution in [0.3, 0.4) is 0 Å². The van der Waals surface area contributed by atoms with Gasteiger partial charge in [-0.15, -0.1) is 0 Å². The molecule has 35 heavy (non-hydrogen) atoms. The molecular formula is C26H35N5O3S. The van der Waals surface area contributed by atoms with Gasteiger partial charge in [-0.25, -0.2) is 18.1 Å². The van der Waals surface area contributed by atoms with E-state index in [2.05, 4.69) is 36.5 Å². The zero-order valence-corrected chi connectivity index (χ0v) is 21.8. The third-order valence-electron chi connectivity index (χ3n) is 5.98. The number of carbonyl (C=O) groups excluding carboxylic acids is 1. The van der Waals surface area contributed by atoms with Gasteiger partial charge in [0.25, 0.3) is 5.91 Å². The van der Waals surface area contributed by atoms with Crippen molar-refractivity contribution in [1.29, 1.82) is 0 Å². The molecule has 8 nitrogen and oxygen atoms in total. The van der Waals surface area contributed by atoms with Crippen molar-refractivity contribution in [2.75, 3.05) is 17.2 Å². The van der Waals surface area contributed by atoms with E-state index >= 15 is 0 Å². The minimum absolute atomic E-state index is 0.0593. The summed E-state index contributed by atoms with van der Waals surface area (Å²) >= 11 is 0. The molecule has 0 spiro atoms. The molecule has 0 saturated carbocycles. The highest BCUT2D eigenvalue weighted by atomic mass is 32.2. The molecule has 1 aliphatic heterocycles. The van der Waals surface area contributed by atoms with Gasteiger partial charge in [-0.3, -0.25) is 4.79 Å². The lowest BCUT2D eigenvalue weighted by Gasteiger charge is -2.33. The molecule has 0 bridgehead atoms. The molecule has 2 aromatic rings. The number of sulfonamides is 1. The van der Waals surface area contributed by atoms with Crippen LogP contribution >= 0.6 is 0 Å². The van der Waals surface area contributed by atoms with Gasteiger partial charge in [0.05, 0.1) is 17.1 Å². The van der Waals surface area contributed by atoms with E-state index in [1.54, 1.807) is 12.3 Å². The van der Waals surface area contributed by atoms with Gasteiger partial charge in [0.1, 0.15) is 5.82 Å². The van der Waals surface area contributed by atoms with Crippen LogP contribution in [-0.2, 0) is 10.0 Å². The van der Waals surface area contributed by atoms with Gasteiger partial charge in [-0.2, -0.15) is 0 Å². The Labute approximate surface area is 208 Å². The first-order valence-corrected chi connectivity index (χ1v) is 13.2. The van der Waals surface area contributed by atoms with Gasteiger partial charge in [-0.1, -0.05) is 48.4 Å². The second-order valence-electron chi connectivity index (χ2n) is 10.0. The van der Waals surface area contributed by atoms with Crippen molar-refractivity contribution in [3.8, 4) is 11.1 Å². The van der Waals surface area contributed by atoms with Crippen LogP contribution in [0.2, 0.25) is 0 Å². The molecule has 0 radical (unpaired) electrons. The van der Waals surface area contributed by atoms with E-state index in [1.165, 1.54) is 18.2 Å². The summed E-state index contributed by atoms with van der Waals surface area (Å²) in [7, 11) is -3.94. The number of aromatic nitrogens is 1. The first kappa shape index (κ1) is 26.3. The first-order chi connectivity index (χ1) is 16.3. The Balaban J connectivity index is 2.02. The van der Waals surface area contributed by atoms with Gasteiger partial charge in [0, 0.05) is 23.8 Å². The molecule has 1 aromatic carbocycles. The number of carbonyl (C=O) groups is 1. The number of allylic oxidation sites excluding steroid dienone is 2. The van der Waals surface area contributed by atoms with Crippen molar-refractivity contribution in [3.05, 3.63) is 71.2 Å². The lowest BCUT2D eigenvalue weighted by molar-refractivity contribution is 0.0981. The number of nitrogens with two attached hydrogens (primary N) is 2. The number of hydrogen-bond donors (Lipinski definition) is 3. The van der Waals surface area contributed by atoms with E-state index in [9.17, 15) is 13.2 Å². The topological polar surface area (TPSA) is 131 Å². The van der Waals surface area contributed by atoms with Gasteiger partial charge < -0.3 is 16.4 Å². The number of aryl methyl sites for hydroxylation is 2. The Morgan fingerprint density at radius 1 is 1.17 bits per heavy atom. The van der Waals surface area contributed by atoms with Crippen molar-refractivity contribution in [2.24, 2.45) is 17.4 Å². The summed E-state index contributed by atoms with van der Waals surface area (Å²) in [6, 6.07) is 7.84. The molecule has 9 heteroatoms. The molecular weight excluding hydrogens is 462 g/mol. The number of hydrogen-bond acceptors (Lipinski definition) is 7. The van der Waals surface area contributed by atoms with E-state index in [0.717, 1.165) is 35.2 Å². The summed E-state index contributed by atoms with van der Waals surface area (Å²) in [6.45, 7) is 11.1. The van der Waals surface area contributed by atoms with Crippen molar-refractivity contribution in [1.82, 2.24) is 9.71 Å². The largest absolute Gasteiger partial charge is 0.386 e. The molecule has 1 saturated heterocycles. The fraction of sp³-hybridized carbons (Fsp3) is 0.385. The Kier molecular flexibility index (Phi) is 7.59. The summed E-state index contributed by atoms with van der Waals surface area (Å²) < 4.78 is 27.4. The molecule has 1 atom stereocenters. The highest BCUT2D eigenvalue weighted by Gasteiger charge is 2.39. The van der Waals surface area contributed by atoms with Gasteiger partial charge >= 0.3 is 0 Å². The second kappa shape index (κ2) is 10.1. The summed E-state index contributed by atoms with van der Waals surface area (Å²) in [4.78, 5) is 20.1. The Bertz CT molecular complexity index is 1260. The summed E-state index contributed by atoms with van der Waals surface area (Å²) in [6.07, 6.45) is 6.87. The number of nitrogens with one attached hydrogen (secondary N) is 1. The highest BCUT2D eigenvalue weighted by molar-refractivity contribution is 7.90. The molecule has 1 aromatic heterocycles. The van der Waals surface area contributed by atoms with E-state index in [1.807, 2.05) is 26.0 Å². The Morgan fingerprint density at radius 2 is 1.83 bits per heavy atom. The standard InChI is InChI=1S/C26H35N5O3S/c1-17-10-18(2)12-20(11-17)21-13-22(24(29-15-21)31-16-19(3)14-26(31,4)5)25(32)30-35(33,34)9-7-6-8-23(27)28/h6-8,10-13,15,19H,9,14,16,27-28H2,1-5H3,(H,30,32)/b7-6-. The van der Waals surface area contributed by atoms with Gasteiger partial charge in [0.15, 0.2) is 0 Å². The first-order valence-electron chi connectivity index (χ1n) is 11.6. The number of pyridine rings is 1. The summed E-state index contributed by atoms with van der Waals surface area (Å²) in [5.41, 5.74) is 14.5. The molecule has 1 aliphatic rings. The molecule has 188 valence electrons. The normalized spacial score (nSPS) is 17.5. The van der Waals surface area contributed by atoms with E-state index in [4.69, 9.17) is 16.5 Å². The minimum atomic E-state index is -3.94. The molecule has 2 heterocycles. The summed E-state index contributed by atoms with van der Waals surface area (Å²) in [5, 5.41) is 0. The van der Waals surface area contributed by atoms with E-state index in [0.29, 0.717) is 11.7 Å². The van der Waals surface area contributed by atoms with E-state index in [-0.39, 0.29) is 16.9 Å². The molecule has 1 unspecified atom stereocenters. The molecule has 1 amide bonds. The maximum Gasteiger partial charge on any atom is 0.268 e. The van der Waals surface area contributed by atoms with Crippen molar-refractivity contribution in [2.45, 2.75) is 46.6 Å². The Morgan fingerprint density at radius 3 is 2.40 bits per heavy atom. The average Bonchev–Trinajstić information content (AvgIpc) is 3.01. The smallest absolute Gasteiger partial charge is 0.268 e.